The Morgan fingerprint density at radius 3 is 2.35 bits per heavy atom. The number of nitrogens with two attached hydrogens (primary N) is 1. The van der Waals surface area contributed by atoms with E-state index in [1.807, 2.05) is 5.32 Å². The van der Waals surface area contributed by atoms with E-state index in [0.717, 1.165) is 0 Å². The highest BCUT2D eigenvalue weighted by Gasteiger charge is 2.20. The number of hydrogen-bond donors (Lipinski definition) is 2. The zero-order chi connectivity index (χ0) is 13.0. The van der Waals surface area contributed by atoms with Crippen molar-refractivity contribution in [1.29, 1.82) is 0 Å². The largest absolute Gasteiger partial charge is 0.370 e. The number of benzene rings is 1. The number of carbonyl (C=O) groups is 1. The van der Waals surface area contributed by atoms with Gasteiger partial charge in [0, 0.05) is 25.8 Å². The molecule has 17 heavy (non-hydrogen) atoms. The van der Waals surface area contributed by atoms with E-state index >= 15 is 0 Å². The van der Waals surface area contributed by atoms with Gasteiger partial charge < -0.3 is 15.8 Å². The molecule has 0 aliphatic heterocycles. The second-order valence-electron chi connectivity index (χ2n) is 3.19. The van der Waals surface area contributed by atoms with Gasteiger partial charge in [0.2, 0.25) is 0 Å². The Bertz CT molecular complexity index is 399. The van der Waals surface area contributed by atoms with Gasteiger partial charge in [0.25, 0.3) is 5.91 Å². The smallest absolute Gasteiger partial charge is 0.254 e. The van der Waals surface area contributed by atoms with Crippen molar-refractivity contribution in [2.45, 2.75) is 6.10 Å². The summed E-state index contributed by atoms with van der Waals surface area (Å²) in [7, 11) is 1.23. The van der Waals surface area contributed by atoms with E-state index in [1.54, 1.807) is 0 Å². The van der Waals surface area contributed by atoms with Gasteiger partial charge in [-0.2, -0.15) is 0 Å². The van der Waals surface area contributed by atoms with Gasteiger partial charge in [0.15, 0.2) is 11.6 Å². The molecule has 0 heterocycles. The quantitative estimate of drug-likeness (QED) is 0.836. The first-order chi connectivity index (χ1) is 7.99. The standard InChI is InChI=1S/C10H11F3N2O2/c1-17-8(4-14)10(16)15-9-6(12)2-5(11)3-7(9)13/h2-3,8H,4,14H2,1H3,(H,15,16). The van der Waals surface area contributed by atoms with Crippen LogP contribution in [0.1, 0.15) is 0 Å². The van der Waals surface area contributed by atoms with Crippen molar-refractivity contribution in [3.8, 4) is 0 Å². The average molecular weight is 248 g/mol. The first-order valence-corrected chi connectivity index (χ1v) is 4.67. The van der Waals surface area contributed by atoms with Gasteiger partial charge in [0.05, 0.1) is 0 Å². The van der Waals surface area contributed by atoms with Gasteiger partial charge in [-0.1, -0.05) is 0 Å². The molecule has 1 amide bonds. The molecule has 1 unspecified atom stereocenters. The van der Waals surface area contributed by atoms with Crippen LogP contribution in [-0.2, 0) is 9.53 Å². The first-order valence-electron chi connectivity index (χ1n) is 4.67. The molecule has 7 heteroatoms. The minimum Gasteiger partial charge on any atom is -0.370 e. The first kappa shape index (κ1) is 13.5. The monoisotopic (exact) mass is 248 g/mol. The summed E-state index contributed by atoms with van der Waals surface area (Å²) in [6.45, 7) is -0.146. The highest BCUT2D eigenvalue weighted by Crippen LogP contribution is 2.20. The summed E-state index contributed by atoms with van der Waals surface area (Å²) < 4.78 is 43.6. The summed E-state index contributed by atoms with van der Waals surface area (Å²) in [6, 6.07) is 0.923. The van der Waals surface area contributed by atoms with E-state index in [9.17, 15) is 18.0 Å². The lowest BCUT2D eigenvalue weighted by Crippen LogP contribution is -2.36. The molecule has 0 radical (unpaired) electrons. The number of rotatable bonds is 4. The van der Waals surface area contributed by atoms with Crippen LogP contribution < -0.4 is 11.1 Å². The fraction of sp³-hybridized carbons (Fsp3) is 0.300. The number of hydrogen-bond acceptors (Lipinski definition) is 3. The molecular weight excluding hydrogens is 237 g/mol. The Kier molecular flexibility index (Phi) is 4.47. The van der Waals surface area contributed by atoms with Crippen molar-refractivity contribution in [2.24, 2.45) is 5.73 Å². The summed E-state index contributed by atoms with van der Waals surface area (Å²) in [5, 5.41) is 1.95. The number of methoxy groups -OCH3 is 1. The Balaban J connectivity index is 2.92. The zero-order valence-electron chi connectivity index (χ0n) is 8.97. The molecule has 0 aliphatic carbocycles. The molecule has 0 saturated heterocycles. The lowest BCUT2D eigenvalue weighted by atomic mass is 10.2. The zero-order valence-corrected chi connectivity index (χ0v) is 8.97. The van der Waals surface area contributed by atoms with Crippen LogP contribution in [0.2, 0.25) is 0 Å². The van der Waals surface area contributed by atoms with Crippen LogP contribution in [0.3, 0.4) is 0 Å². The molecular formula is C10H11F3N2O2. The van der Waals surface area contributed by atoms with Gasteiger partial charge in [-0.25, -0.2) is 13.2 Å². The molecule has 4 nitrogen and oxygen atoms in total. The topological polar surface area (TPSA) is 64.3 Å². The number of nitrogens with one attached hydrogen (secondary N) is 1. The van der Waals surface area contributed by atoms with Crippen LogP contribution in [-0.4, -0.2) is 25.7 Å². The van der Waals surface area contributed by atoms with E-state index in [-0.39, 0.29) is 6.54 Å². The van der Waals surface area contributed by atoms with Gasteiger partial charge in [0.1, 0.15) is 17.6 Å². The molecule has 0 aliphatic rings. The third kappa shape index (κ3) is 3.18. The fourth-order valence-electron chi connectivity index (χ4n) is 1.18. The summed E-state index contributed by atoms with van der Waals surface area (Å²) in [6.07, 6.45) is -1.03. The van der Waals surface area contributed by atoms with Crippen molar-refractivity contribution in [2.75, 3.05) is 19.0 Å². The van der Waals surface area contributed by atoms with E-state index in [0.29, 0.717) is 12.1 Å². The normalized spacial score (nSPS) is 12.3. The molecule has 0 spiro atoms. The van der Waals surface area contributed by atoms with Crippen LogP contribution in [0.15, 0.2) is 12.1 Å². The van der Waals surface area contributed by atoms with Gasteiger partial charge in [-0.05, 0) is 0 Å². The SMILES string of the molecule is COC(CN)C(=O)Nc1c(F)cc(F)cc1F. The average Bonchev–Trinajstić information content (AvgIpc) is 2.25. The molecule has 1 aromatic carbocycles. The number of amides is 1. The van der Waals surface area contributed by atoms with Crippen LogP contribution >= 0.6 is 0 Å². The Morgan fingerprint density at radius 1 is 1.41 bits per heavy atom. The highest BCUT2D eigenvalue weighted by atomic mass is 19.1. The summed E-state index contributed by atoms with van der Waals surface area (Å²) in [4.78, 5) is 11.4. The van der Waals surface area contributed by atoms with Crippen molar-refractivity contribution in [3.63, 3.8) is 0 Å². The molecule has 1 aromatic rings. The minimum atomic E-state index is -1.21. The van der Waals surface area contributed by atoms with E-state index in [1.165, 1.54) is 7.11 Å². The lowest BCUT2D eigenvalue weighted by Gasteiger charge is -2.13. The van der Waals surface area contributed by atoms with Crippen molar-refractivity contribution in [1.82, 2.24) is 0 Å². The molecule has 0 fully saturated rings. The predicted octanol–water partition coefficient (Wildman–Crippen LogP) is 1.02. The van der Waals surface area contributed by atoms with E-state index in [2.05, 4.69) is 4.74 Å². The third-order valence-electron chi connectivity index (χ3n) is 2.05. The Morgan fingerprint density at radius 2 is 1.94 bits per heavy atom. The summed E-state index contributed by atoms with van der Waals surface area (Å²) >= 11 is 0. The maximum atomic E-state index is 13.2. The van der Waals surface area contributed by atoms with Crippen LogP contribution in [0.4, 0.5) is 18.9 Å². The second-order valence-corrected chi connectivity index (χ2v) is 3.19. The van der Waals surface area contributed by atoms with Crippen LogP contribution in [0, 0.1) is 17.5 Å². The van der Waals surface area contributed by atoms with Crippen molar-refractivity contribution in [3.05, 3.63) is 29.6 Å². The van der Waals surface area contributed by atoms with E-state index in [4.69, 9.17) is 5.73 Å². The molecule has 1 rings (SSSR count). The minimum absolute atomic E-state index is 0.146. The predicted molar refractivity (Wildman–Crippen MR) is 54.8 cm³/mol. The molecule has 0 aromatic heterocycles. The molecule has 0 saturated carbocycles. The lowest BCUT2D eigenvalue weighted by molar-refractivity contribution is -0.125. The highest BCUT2D eigenvalue weighted by molar-refractivity contribution is 5.94. The van der Waals surface area contributed by atoms with Crippen LogP contribution in [0.25, 0.3) is 0 Å². The number of carbonyl (C=O) groups excluding carboxylic acids is 1. The van der Waals surface area contributed by atoms with E-state index < -0.39 is 35.2 Å². The summed E-state index contributed by atoms with van der Waals surface area (Å²) in [5.74, 6) is -4.29. The van der Waals surface area contributed by atoms with Crippen molar-refractivity contribution < 1.29 is 22.7 Å². The van der Waals surface area contributed by atoms with Crippen molar-refractivity contribution >= 4 is 11.6 Å². The van der Waals surface area contributed by atoms with Gasteiger partial charge in [-0.3, -0.25) is 4.79 Å². The third-order valence-corrected chi connectivity index (χ3v) is 2.05. The summed E-state index contributed by atoms with van der Waals surface area (Å²) in [5.41, 5.74) is 4.48. The molecule has 0 bridgehead atoms. The number of ether oxygens (including phenoxy) is 1. The Hall–Kier alpha value is -1.60. The number of halogens is 3. The van der Waals surface area contributed by atoms with Crippen LogP contribution in [0.5, 0.6) is 0 Å². The second kappa shape index (κ2) is 5.65. The fourth-order valence-corrected chi connectivity index (χ4v) is 1.18. The maximum absolute atomic E-state index is 13.2. The van der Waals surface area contributed by atoms with Gasteiger partial charge >= 0.3 is 0 Å². The molecule has 1 atom stereocenters. The van der Waals surface area contributed by atoms with Gasteiger partial charge in [-0.15, -0.1) is 0 Å². The molecule has 94 valence electrons. The molecule has 3 N–H and O–H groups in total. The Labute approximate surface area is 95.6 Å². The maximum Gasteiger partial charge on any atom is 0.254 e. The number of anilines is 1.